The summed E-state index contributed by atoms with van der Waals surface area (Å²) >= 11 is 1.81. The molecule has 1 unspecified atom stereocenters. The lowest BCUT2D eigenvalue weighted by molar-refractivity contribution is 0.886. The molecule has 0 fully saturated rings. The van der Waals surface area contributed by atoms with E-state index in [1.54, 1.807) is 12.4 Å². The van der Waals surface area contributed by atoms with Gasteiger partial charge in [-0.1, -0.05) is 0 Å². The maximum atomic E-state index is 4.28. The van der Waals surface area contributed by atoms with Gasteiger partial charge in [-0.15, -0.1) is 11.3 Å². The van der Waals surface area contributed by atoms with Crippen molar-refractivity contribution in [1.82, 2.24) is 9.97 Å². The van der Waals surface area contributed by atoms with Gasteiger partial charge in [0.15, 0.2) is 0 Å². The van der Waals surface area contributed by atoms with E-state index in [1.807, 2.05) is 18.3 Å². The molecule has 2 rings (SSSR count). The van der Waals surface area contributed by atoms with Crippen molar-refractivity contribution in [2.45, 2.75) is 26.8 Å². The highest BCUT2D eigenvalue weighted by molar-refractivity contribution is 7.12. The Hall–Kier alpha value is -1.42. The molecule has 0 saturated heterocycles. The SMILES string of the molecule is Cc1ccc(C(C)Nc2nccnc2C)s1. The summed E-state index contributed by atoms with van der Waals surface area (Å²) in [4.78, 5) is 11.1. The molecular weight excluding hydrogens is 218 g/mol. The smallest absolute Gasteiger partial charge is 0.147 e. The second kappa shape index (κ2) is 4.61. The Labute approximate surface area is 99.6 Å². The van der Waals surface area contributed by atoms with Crippen molar-refractivity contribution in [2.24, 2.45) is 0 Å². The molecule has 0 aromatic carbocycles. The van der Waals surface area contributed by atoms with E-state index < -0.39 is 0 Å². The molecule has 0 aliphatic carbocycles. The molecule has 84 valence electrons. The summed E-state index contributed by atoms with van der Waals surface area (Å²) in [5, 5.41) is 3.38. The van der Waals surface area contributed by atoms with Crippen LogP contribution in [0.3, 0.4) is 0 Å². The number of hydrogen-bond donors (Lipinski definition) is 1. The predicted molar refractivity (Wildman–Crippen MR) is 67.9 cm³/mol. The number of hydrogen-bond acceptors (Lipinski definition) is 4. The van der Waals surface area contributed by atoms with E-state index in [-0.39, 0.29) is 6.04 Å². The van der Waals surface area contributed by atoms with E-state index in [2.05, 4.69) is 41.3 Å². The molecule has 2 aromatic rings. The van der Waals surface area contributed by atoms with Gasteiger partial charge in [0.05, 0.1) is 11.7 Å². The van der Waals surface area contributed by atoms with E-state index in [4.69, 9.17) is 0 Å². The fourth-order valence-corrected chi connectivity index (χ4v) is 2.39. The van der Waals surface area contributed by atoms with Gasteiger partial charge in [-0.05, 0) is 32.9 Å². The summed E-state index contributed by atoms with van der Waals surface area (Å²) in [6.45, 7) is 6.22. The zero-order valence-electron chi connectivity index (χ0n) is 9.69. The second-order valence-corrected chi connectivity index (χ2v) is 5.12. The van der Waals surface area contributed by atoms with Gasteiger partial charge < -0.3 is 5.32 Å². The van der Waals surface area contributed by atoms with Crippen molar-refractivity contribution < 1.29 is 0 Å². The molecule has 0 spiro atoms. The number of thiophene rings is 1. The Balaban J connectivity index is 2.13. The van der Waals surface area contributed by atoms with Crippen molar-refractivity contribution in [3.63, 3.8) is 0 Å². The van der Waals surface area contributed by atoms with Gasteiger partial charge in [-0.2, -0.15) is 0 Å². The molecule has 4 heteroatoms. The third-order valence-corrected chi connectivity index (χ3v) is 3.61. The molecule has 0 saturated carbocycles. The molecule has 1 atom stereocenters. The zero-order chi connectivity index (χ0) is 11.5. The van der Waals surface area contributed by atoms with Gasteiger partial charge in [0.2, 0.25) is 0 Å². The van der Waals surface area contributed by atoms with Crippen molar-refractivity contribution in [1.29, 1.82) is 0 Å². The largest absolute Gasteiger partial charge is 0.361 e. The standard InChI is InChI=1S/C12H15N3S/c1-8-4-5-11(16-8)9(2)15-12-10(3)13-6-7-14-12/h4-7,9H,1-3H3,(H,14,15). The van der Waals surface area contributed by atoms with Crippen LogP contribution in [0.15, 0.2) is 24.5 Å². The molecule has 3 nitrogen and oxygen atoms in total. The summed E-state index contributed by atoms with van der Waals surface area (Å²) < 4.78 is 0. The number of anilines is 1. The van der Waals surface area contributed by atoms with Gasteiger partial charge in [0, 0.05) is 22.1 Å². The third-order valence-electron chi connectivity index (χ3n) is 2.42. The van der Waals surface area contributed by atoms with Gasteiger partial charge in [0.25, 0.3) is 0 Å². The lowest BCUT2D eigenvalue weighted by Crippen LogP contribution is -2.08. The van der Waals surface area contributed by atoms with Gasteiger partial charge >= 0.3 is 0 Å². The highest BCUT2D eigenvalue weighted by Crippen LogP contribution is 2.25. The van der Waals surface area contributed by atoms with Crippen LogP contribution in [0.2, 0.25) is 0 Å². The number of rotatable bonds is 3. The van der Waals surface area contributed by atoms with Crippen molar-refractivity contribution in [3.05, 3.63) is 40.0 Å². The molecule has 0 aliphatic rings. The van der Waals surface area contributed by atoms with Crippen molar-refractivity contribution in [3.8, 4) is 0 Å². The molecule has 0 aliphatic heterocycles. The first-order chi connectivity index (χ1) is 7.66. The summed E-state index contributed by atoms with van der Waals surface area (Å²) in [7, 11) is 0. The second-order valence-electron chi connectivity index (χ2n) is 3.80. The monoisotopic (exact) mass is 233 g/mol. The van der Waals surface area contributed by atoms with E-state index in [0.29, 0.717) is 0 Å². The first kappa shape index (κ1) is 11.1. The summed E-state index contributed by atoms with van der Waals surface area (Å²) in [6, 6.07) is 4.57. The Morgan fingerprint density at radius 1 is 1.19 bits per heavy atom. The fourth-order valence-electron chi connectivity index (χ4n) is 1.51. The van der Waals surface area contributed by atoms with Crippen LogP contribution in [0, 0.1) is 13.8 Å². The van der Waals surface area contributed by atoms with Gasteiger partial charge in [-0.3, -0.25) is 4.98 Å². The van der Waals surface area contributed by atoms with Crippen LogP contribution in [0.5, 0.6) is 0 Å². The number of aromatic nitrogens is 2. The normalized spacial score (nSPS) is 12.4. The van der Waals surface area contributed by atoms with Crippen LogP contribution in [0.4, 0.5) is 5.82 Å². The van der Waals surface area contributed by atoms with E-state index in [0.717, 1.165) is 11.5 Å². The fraction of sp³-hybridized carbons (Fsp3) is 0.333. The maximum absolute atomic E-state index is 4.28. The Bertz CT molecular complexity index is 479. The third kappa shape index (κ3) is 2.39. The van der Waals surface area contributed by atoms with E-state index >= 15 is 0 Å². The predicted octanol–water partition coefficient (Wildman–Crippen LogP) is 3.33. The highest BCUT2D eigenvalue weighted by atomic mass is 32.1. The van der Waals surface area contributed by atoms with Crippen molar-refractivity contribution >= 4 is 17.2 Å². The van der Waals surface area contributed by atoms with Gasteiger partial charge in [-0.25, -0.2) is 4.98 Å². The highest BCUT2D eigenvalue weighted by Gasteiger charge is 2.09. The number of nitrogens with zero attached hydrogens (tertiary/aromatic N) is 2. The van der Waals surface area contributed by atoms with Crippen LogP contribution in [0.25, 0.3) is 0 Å². The first-order valence-corrected chi connectivity index (χ1v) is 6.09. The summed E-state index contributed by atoms with van der Waals surface area (Å²) in [6.07, 6.45) is 3.42. The Kier molecular flexibility index (Phi) is 3.19. The molecule has 16 heavy (non-hydrogen) atoms. The van der Waals surface area contributed by atoms with Crippen LogP contribution in [-0.2, 0) is 0 Å². The average molecular weight is 233 g/mol. The minimum atomic E-state index is 0.272. The maximum Gasteiger partial charge on any atom is 0.147 e. The molecular formula is C12H15N3S. The summed E-state index contributed by atoms with van der Waals surface area (Å²) in [5.41, 5.74) is 0.933. The minimum absolute atomic E-state index is 0.272. The van der Waals surface area contributed by atoms with Crippen LogP contribution in [-0.4, -0.2) is 9.97 Å². The number of nitrogens with one attached hydrogen (secondary N) is 1. The van der Waals surface area contributed by atoms with Crippen LogP contribution in [0.1, 0.15) is 28.4 Å². The molecule has 0 amide bonds. The average Bonchev–Trinajstić information content (AvgIpc) is 2.68. The van der Waals surface area contributed by atoms with Crippen LogP contribution < -0.4 is 5.32 Å². The topological polar surface area (TPSA) is 37.8 Å². The zero-order valence-corrected chi connectivity index (χ0v) is 10.5. The molecule has 1 N–H and O–H groups in total. The van der Waals surface area contributed by atoms with E-state index in [9.17, 15) is 0 Å². The summed E-state index contributed by atoms with van der Waals surface area (Å²) in [5.74, 6) is 0.862. The van der Waals surface area contributed by atoms with Crippen LogP contribution >= 0.6 is 11.3 Å². The minimum Gasteiger partial charge on any atom is -0.361 e. The molecule has 2 heterocycles. The first-order valence-electron chi connectivity index (χ1n) is 5.27. The Morgan fingerprint density at radius 2 is 1.94 bits per heavy atom. The van der Waals surface area contributed by atoms with E-state index in [1.165, 1.54) is 9.75 Å². The quantitative estimate of drug-likeness (QED) is 0.883. The molecule has 0 radical (unpaired) electrons. The molecule has 2 aromatic heterocycles. The lowest BCUT2D eigenvalue weighted by atomic mass is 10.2. The van der Waals surface area contributed by atoms with Crippen molar-refractivity contribution in [2.75, 3.05) is 5.32 Å². The molecule has 0 bridgehead atoms. The number of aryl methyl sites for hydroxylation is 2. The lowest BCUT2D eigenvalue weighted by Gasteiger charge is -2.13. The Morgan fingerprint density at radius 3 is 2.56 bits per heavy atom. The van der Waals surface area contributed by atoms with Gasteiger partial charge in [0.1, 0.15) is 5.82 Å².